The van der Waals surface area contributed by atoms with Gasteiger partial charge in [-0.05, 0) is 83.1 Å². The average molecular weight is 438 g/mol. The van der Waals surface area contributed by atoms with E-state index in [1.807, 2.05) is 65.6 Å². The zero-order chi connectivity index (χ0) is 22.6. The second-order valence-corrected chi connectivity index (χ2v) is 8.66. The lowest BCUT2D eigenvalue weighted by molar-refractivity contribution is 0.0621. The number of piperidine rings is 1. The number of amides is 1. The Bertz CT molecular complexity index is 1250. The molecular formula is C29H27NO3. The van der Waals surface area contributed by atoms with Gasteiger partial charge in [0.1, 0.15) is 11.5 Å². The molecule has 4 heteroatoms. The molecule has 0 bridgehead atoms. The smallest absolute Gasteiger partial charge is 0.253 e. The summed E-state index contributed by atoms with van der Waals surface area (Å²) in [6, 6.07) is 30.0. The molecule has 166 valence electrons. The van der Waals surface area contributed by atoms with Gasteiger partial charge in [-0.3, -0.25) is 4.79 Å². The summed E-state index contributed by atoms with van der Waals surface area (Å²) in [5.41, 5.74) is 2.94. The largest absolute Gasteiger partial charge is 0.457 e. The third kappa shape index (κ3) is 4.76. The molecule has 1 aliphatic rings. The van der Waals surface area contributed by atoms with Crippen molar-refractivity contribution >= 4 is 16.7 Å². The molecule has 1 amide bonds. The topological polar surface area (TPSA) is 49.8 Å². The molecule has 5 rings (SSSR count). The van der Waals surface area contributed by atoms with Crippen LogP contribution >= 0.6 is 0 Å². The van der Waals surface area contributed by atoms with Crippen molar-refractivity contribution in [1.82, 2.24) is 4.90 Å². The number of aliphatic hydroxyl groups excluding tert-OH is 1. The first-order valence-electron chi connectivity index (χ1n) is 11.5. The van der Waals surface area contributed by atoms with E-state index in [1.165, 1.54) is 0 Å². The fraction of sp³-hybridized carbons (Fsp3) is 0.207. The van der Waals surface area contributed by atoms with Crippen LogP contribution in [0, 0.1) is 5.92 Å². The number of para-hydroxylation sites is 1. The van der Waals surface area contributed by atoms with Crippen LogP contribution in [-0.2, 0) is 0 Å². The second kappa shape index (κ2) is 9.47. The Balaban J connectivity index is 1.33. The van der Waals surface area contributed by atoms with Crippen LogP contribution in [-0.4, -0.2) is 35.6 Å². The number of carbonyl (C=O) groups is 1. The minimum absolute atomic E-state index is 0.0492. The van der Waals surface area contributed by atoms with Crippen molar-refractivity contribution in [1.29, 1.82) is 0 Å². The second-order valence-electron chi connectivity index (χ2n) is 8.66. The molecule has 1 unspecified atom stereocenters. The van der Waals surface area contributed by atoms with Crippen LogP contribution in [0.3, 0.4) is 0 Å². The van der Waals surface area contributed by atoms with Gasteiger partial charge < -0.3 is 14.7 Å². The maximum Gasteiger partial charge on any atom is 0.253 e. The number of likely N-dealkylation sites (tertiary alicyclic amines) is 1. The molecule has 33 heavy (non-hydrogen) atoms. The van der Waals surface area contributed by atoms with E-state index in [4.69, 9.17) is 4.74 Å². The van der Waals surface area contributed by atoms with Crippen molar-refractivity contribution in [2.24, 2.45) is 5.92 Å². The highest BCUT2D eigenvalue weighted by molar-refractivity contribution is 5.99. The highest BCUT2D eigenvalue weighted by Crippen LogP contribution is 2.29. The van der Waals surface area contributed by atoms with Crippen LogP contribution in [0.5, 0.6) is 11.5 Å². The number of benzene rings is 4. The Labute approximate surface area is 194 Å². The van der Waals surface area contributed by atoms with Crippen LogP contribution in [0.2, 0.25) is 0 Å². The summed E-state index contributed by atoms with van der Waals surface area (Å²) in [7, 11) is 0. The van der Waals surface area contributed by atoms with Crippen LogP contribution in [0.1, 0.15) is 23.2 Å². The summed E-state index contributed by atoms with van der Waals surface area (Å²) in [5.74, 6) is 1.86. The maximum atomic E-state index is 13.0. The lowest BCUT2D eigenvalue weighted by Gasteiger charge is -2.32. The fourth-order valence-electron chi connectivity index (χ4n) is 4.48. The highest BCUT2D eigenvalue weighted by Gasteiger charge is 2.24. The first-order valence-corrected chi connectivity index (χ1v) is 11.5. The van der Waals surface area contributed by atoms with Crippen LogP contribution in [0.25, 0.3) is 21.9 Å². The van der Waals surface area contributed by atoms with Crippen molar-refractivity contribution in [3.05, 3.63) is 96.6 Å². The predicted molar refractivity (Wildman–Crippen MR) is 132 cm³/mol. The van der Waals surface area contributed by atoms with Crippen molar-refractivity contribution in [3.63, 3.8) is 0 Å². The van der Waals surface area contributed by atoms with Crippen LogP contribution in [0.4, 0.5) is 0 Å². The van der Waals surface area contributed by atoms with E-state index in [9.17, 15) is 9.90 Å². The number of carbonyl (C=O) groups excluding carboxylic acids is 1. The van der Waals surface area contributed by atoms with Gasteiger partial charge in [-0.2, -0.15) is 0 Å². The molecule has 0 spiro atoms. The van der Waals surface area contributed by atoms with E-state index in [-0.39, 0.29) is 18.4 Å². The molecule has 0 saturated carbocycles. The third-order valence-electron chi connectivity index (χ3n) is 6.32. The zero-order valence-corrected chi connectivity index (χ0v) is 18.5. The van der Waals surface area contributed by atoms with Gasteiger partial charge in [-0.25, -0.2) is 0 Å². The van der Waals surface area contributed by atoms with E-state index < -0.39 is 0 Å². The molecule has 1 fully saturated rings. The summed E-state index contributed by atoms with van der Waals surface area (Å²) >= 11 is 0. The van der Waals surface area contributed by atoms with Crippen molar-refractivity contribution in [3.8, 4) is 22.6 Å². The minimum Gasteiger partial charge on any atom is -0.457 e. The molecule has 4 nitrogen and oxygen atoms in total. The molecule has 1 aliphatic heterocycles. The average Bonchev–Trinajstić information content (AvgIpc) is 2.89. The molecule has 1 saturated heterocycles. The molecular weight excluding hydrogens is 410 g/mol. The van der Waals surface area contributed by atoms with E-state index in [0.717, 1.165) is 52.8 Å². The van der Waals surface area contributed by atoms with Gasteiger partial charge in [-0.15, -0.1) is 0 Å². The number of aliphatic hydroxyl groups is 1. The first kappa shape index (κ1) is 21.2. The molecule has 4 aromatic rings. The summed E-state index contributed by atoms with van der Waals surface area (Å²) in [6.07, 6.45) is 1.93. The quantitative estimate of drug-likeness (QED) is 0.408. The van der Waals surface area contributed by atoms with Gasteiger partial charge >= 0.3 is 0 Å². The fourth-order valence-corrected chi connectivity index (χ4v) is 4.48. The molecule has 0 aliphatic carbocycles. The number of hydrogen-bond acceptors (Lipinski definition) is 3. The Morgan fingerprint density at radius 1 is 0.848 bits per heavy atom. The number of ether oxygens (including phenoxy) is 1. The van der Waals surface area contributed by atoms with Gasteiger partial charge in [0.2, 0.25) is 0 Å². The number of nitrogens with zero attached hydrogens (tertiary/aromatic N) is 1. The molecule has 4 aromatic carbocycles. The SMILES string of the molecule is O=C(c1ccc2cc(-c3ccc(Oc4ccccc4)cc3)ccc2c1)N1CCCC(CO)C1. The molecule has 0 aromatic heterocycles. The lowest BCUT2D eigenvalue weighted by Crippen LogP contribution is -2.40. The Morgan fingerprint density at radius 3 is 2.33 bits per heavy atom. The van der Waals surface area contributed by atoms with Crippen LogP contribution in [0.15, 0.2) is 91.0 Å². The van der Waals surface area contributed by atoms with E-state index in [0.29, 0.717) is 12.1 Å². The van der Waals surface area contributed by atoms with Crippen molar-refractivity contribution < 1.29 is 14.6 Å². The van der Waals surface area contributed by atoms with Gasteiger partial charge in [0.15, 0.2) is 0 Å². The zero-order valence-electron chi connectivity index (χ0n) is 18.5. The van der Waals surface area contributed by atoms with Gasteiger partial charge in [0.05, 0.1) is 0 Å². The Morgan fingerprint density at radius 2 is 1.55 bits per heavy atom. The number of fused-ring (bicyclic) bond motifs is 1. The molecule has 1 heterocycles. The van der Waals surface area contributed by atoms with Gasteiger partial charge in [-0.1, -0.05) is 48.5 Å². The van der Waals surface area contributed by atoms with Crippen LogP contribution < -0.4 is 4.74 Å². The first-order chi connectivity index (χ1) is 16.2. The summed E-state index contributed by atoms with van der Waals surface area (Å²) in [4.78, 5) is 14.9. The summed E-state index contributed by atoms with van der Waals surface area (Å²) < 4.78 is 5.89. The molecule has 1 atom stereocenters. The van der Waals surface area contributed by atoms with E-state index in [2.05, 4.69) is 30.3 Å². The maximum absolute atomic E-state index is 13.0. The third-order valence-corrected chi connectivity index (χ3v) is 6.32. The van der Waals surface area contributed by atoms with Crippen molar-refractivity contribution in [2.45, 2.75) is 12.8 Å². The van der Waals surface area contributed by atoms with E-state index >= 15 is 0 Å². The summed E-state index contributed by atoms with van der Waals surface area (Å²) in [6.45, 7) is 1.54. The highest BCUT2D eigenvalue weighted by atomic mass is 16.5. The number of rotatable bonds is 5. The molecule has 1 N–H and O–H groups in total. The monoisotopic (exact) mass is 437 g/mol. The lowest BCUT2D eigenvalue weighted by atomic mass is 9.97. The van der Waals surface area contributed by atoms with Gasteiger partial charge in [0.25, 0.3) is 5.91 Å². The normalized spacial score (nSPS) is 16.0. The number of hydrogen-bond donors (Lipinski definition) is 1. The summed E-state index contributed by atoms with van der Waals surface area (Å²) in [5, 5.41) is 11.6. The molecule has 0 radical (unpaired) electrons. The Kier molecular flexibility index (Phi) is 6.09. The van der Waals surface area contributed by atoms with E-state index in [1.54, 1.807) is 0 Å². The standard InChI is InChI=1S/C29H27NO3/c31-20-21-5-4-16-30(19-21)29(32)26-11-10-24-17-23(8-9-25(24)18-26)22-12-14-28(15-13-22)33-27-6-2-1-3-7-27/h1-3,6-15,17-18,21,31H,4-5,16,19-20H2. The Hall–Kier alpha value is -3.63. The minimum atomic E-state index is 0.0492. The van der Waals surface area contributed by atoms with Crippen molar-refractivity contribution in [2.75, 3.05) is 19.7 Å². The predicted octanol–water partition coefficient (Wildman–Crippen LogP) is 6.14. The van der Waals surface area contributed by atoms with Gasteiger partial charge in [0, 0.05) is 25.3 Å².